The molecule has 1 atom stereocenters. The average Bonchev–Trinajstić information content (AvgIpc) is 2.72. The quantitative estimate of drug-likeness (QED) is 0.478. The molecule has 0 fully saturated rings. The van der Waals surface area contributed by atoms with E-state index >= 15 is 0 Å². The van der Waals surface area contributed by atoms with Gasteiger partial charge in [-0.1, -0.05) is 19.1 Å². The van der Waals surface area contributed by atoms with E-state index in [2.05, 4.69) is 27.9 Å². The van der Waals surface area contributed by atoms with Gasteiger partial charge >= 0.3 is 0 Å². The molecule has 0 bridgehead atoms. The molecule has 10 heteroatoms. The van der Waals surface area contributed by atoms with Crippen molar-refractivity contribution in [1.29, 1.82) is 0 Å². The van der Waals surface area contributed by atoms with Crippen molar-refractivity contribution in [2.24, 2.45) is 0 Å². The number of sulfonamides is 1. The second-order valence-corrected chi connectivity index (χ2v) is 10.1. The van der Waals surface area contributed by atoms with Crippen molar-refractivity contribution in [2.45, 2.75) is 25.9 Å². The molecule has 0 heterocycles. The van der Waals surface area contributed by atoms with Gasteiger partial charge in [-0.05, 0) is 71.0 Å². The smallest absolute Gasteiger partial charge is 0.244 e. The first-order valence-corrected chi connectivity index (χ1v) is 12.5. The van der Waals surface area contributed by atoms with Gasteiger partial charge < -0.3 is 10.2 Å². The van der Waals surface area contributed by atoms with Crippen LogP contribution in [-0.4, -0.2) is 51.0 Å². The van der Waals surface area contributed by atoms with Crippen molar-refractivity contribution in [1.82, 2.24) is 10.2 Å². The Morgan fingerprint density at radius 1 is 1.10 bits per heavy atom. The number of carbonyl (C=O) groups excluding carboxylic acids is 2. The van der Waals surface area contributed by atoms with E-state index in [4.69, 9.17) is 0 Å². The predicted octanol–water partition coefficient (Wildman–Crippen LogP) is 2.75. The summed E-state index contributed by atoms with van der Waals surface area (Å²) in [6.07, 6.45) is 1.35. The minimum atomic E-state index is -3.76. The summed E-state index contributed by atoms with van der Waals surface area (Å²) in [5, 5.41) is 2.54. The Balaban J connectivity index is 2.40. The van der Waals surface area contributed by atoms with Gasteiger partial charge in [-0.2, -0.15) is 0 Å². The molecule has 0 radical (unpaired) electrons. The van der Waals surface area contributed by atoms with Crippen LogP contribution in [0.25, 0.3) is 0 Å². The highest BCUT2D eigenvalue weighted by molar-refractivity contribution is 14.1. The lowest BCUT2D eigenvalue weighted by molar-refractivity contribution is -0.140. The minimum Gasteiger partial charge on any atom is -0.357 e. The summed E-state index contributed by atoms with van der Waals surface area (Å²) >= 11 is 2.10. The van der Waals surface area contributed by atoms with Crippen molar-refractivity contribution in [2.75, 3.05) is 24.2 Å². The topological polar surface area (TPSA) is 86.8 Å². The van der Waals surface area contributed by atoms with Crippen LogP contribution >= 0.6 is 22.6 Å². The van der Waals surface area contributed by atoms with E-state index in [0.29, 0.717) is 17.7 Å². The molecule has 2 aromatic carbocycles. The molecule has 0 spiro atoms. The highest BCUT2D eigenvalue weighted by Gasteiger charge is 2.31. The summed E-state index contributed by atoms with van der Waals surface area (Å²) in [5.41, 5.74) is 0.975. The maximum atomic E-state index is 13.3. The van der Waals surface area contributed by atoms with Gasteiger partial charge in [-0.15, -0.1) is 0 Å². The molecule has 0 aliphatic rings. The molecule has 2 amide bonds. The monoisotopic (exact) mass is 561 g/mol. The fourth-order valence-electron chi connectivity index (χ4n) is 3.09. The number of amides is 2. The van der Waals surface area contributed by atoms with Gasteiger partial charge in [0.2, 0.25) is 21.8 Å². The van der Waals surface area contributed by atoms with Crippen LogP contribution in [0.15, 0.2) is 48.5 Å². The van der Waals surface area contributed by atoms with E-state index in [-0.39, 0.29) is 12.5 Å². The zero-order valence-electron chi connectivity index (χ0n) is 17.5. The Bertz CT molecular complexity index is 1010. The van der Waals surface area contributed by atoms with E-state index in [9.17, 15) is 22.4 Å². The Hall–Kier alpha value is -2.21. The molecule has 7 nitrogen and oxygen atoms in total. The normalized spacial score (nSPS) is 12.2. The number of nitrogens with one attached hydrogen (secondary N) is 1. The number of benzene rings is 2. The minimum absolute atomic E-state index is 0.0370. The fraction of sp³-hybridized carbons (Fsp3) is 0.333. The highest BCUT2D eigenvalue weighted by atomic mass is 127. The molecular formula is C21H25FIN3O4S. The number of rotatable bonds is 9. The van der Waals surface area contributed by atoms with Crippen LogP contribution in [0.2, 0.25) is 0 Å². The first-order valence-electron chi connectivity index (χ1n) is 9.55. The van der Waals surface area contributed by atoms with Gasteiger partial charge in [0.1, 0.15) is 18.4 Å². The summed E-state index contributed by atoms with van der Waals surface area (Å²) in [6.45, 7) is 1.34. The standard InChI is InChI=1S/C21H25FIN3O4S/c1-4-19(21(28)24-2)25(13-15-5-7-16(22)8-6-15)20(27)14-26(31(3,29)30)18-11-9-17(23)10-12-18/h5-12,19H,4,13-14H2,1-3H3,(H,24,28)/t19-/m0/s1. The average molecular weight is 561 g/mol. The first kappa shape index (κ1) is 25.1. The van der Waals surface area contributed by atoms with Crippen molar-refractivity contribution in [3.8, 4) is 0 Å². The maximum absolute atomic E-state index is 13.3. The highest BCUT2D eigenvalue weighted by Crippen LogP contribution is 2.21. The molecule has 0 aliphatic heterocycles. The van der Waals surface area contributed by atoms with Crippen molar-refractivity contribution >= 4 is 50.1 Å². The Kier molecular flexibility index (Phi) is 8.80. The molecule has 0 aromatic heterocycles. The lowest BCUT2D eigenvalue weighted by atomic mass is 10.1. The number of nitrogens with zero attached hydrogens (tertiary/aromatic N) is 2. The summed E-state index contributed by atoms with van der Waals surface area (Å²) in [6, 6.07) is 11.5. The Labute approximate surface area is 195 Å². The van der Waals surface area contributed by atoms with E-state index < -0.39 is 34.3 Å². The molecule has 1 N–H and O–H groups in total. The Morgan fingerprint density at radius 2 is 1.68 bits per heavy atom. The van der Waals surface area contributed by atoms with Crippen LogP contribution in [0, 0.1) is 9.39 Å². The van der Waals surface area contributed by atoms with Crippen LogP contribution in [0.4, 0.5) is 10.1 Å². The van der Waals surface area contributed by atoms with Crippen molar-refractivity contribution in [3.05, 3.63) is 63.5 Å². The largest absolute Gasteiger partial charge is 0.357 e. The SMILES string of the molecule is CC[C@@H](C(=O)NC)N(Cc1ccc(F)cc1)C(=O)CN(c1ccc(I)cc1)S(C)(=O)=O. The molecule has 2 aromatic rings. The number of hydrogen-bond donors (Lipinski definition) is 1. The number of carbonyl (C=O) groups is 2. The molecular weight excluding hydrogens is 536 g/mol. The number of halogens is 2. The van der Waals surface area contributed by atoms with Crippen LogP contribution in [0.5, 0.6) is 0 Å². The van der Waals surface area contributed by atoms with Gasteiger partial charge in [-0.3, -0.25) is 13.9 Å². The molecule has 0 unspecified atom stereocenters. The van der Waals surface area contributed by atoms with E-state index in [1.165, 1.54) is 36.2 Å². The van der Waals surface area contributed by atoms with Gasteiger partial charge in [0.15, 0.2) is 0 Å². The summed E-state index contributed by atoms with van der Waals surface area (Å²) < 4.78 is 40.1. The predicted molar refractivity (Wildman–Crippen MR) is 126 cm³/mol. The van der Waals surface area contributed by atoms with Gasteiger partial charge in [0.25, 0.3) is 0 Å². The van der Waals surface area contributed by atoms with Gasteiger partial charge in [0, 0.05) is 17.2 Å². The molecule has 31 heavy (non-hydrogen) atoms. The van der Waals surface area contributed by atoms with Crippen LogP contribution < -0.4 is 9.62 Å². The lowest BCUT2D eigenvalue weighted by Crippen LogP contribution is -2.51. The van der Waals surface area contributed by atoms with Crippen LogP contribution in [0.1, 0.15) is 18.9 Å². The summed E-state index contributed by atoms with van der Waals surface area (Å²) in [4.78, 5) is 27.1. The third kappa shape index (κ3) is 6.89. The zero-order chi connectivity index (χ0) is 23.2. The fourth-order valence-corrected chi connectivity index (χ4v) is 4.30. The second-order valence-electron chi connectivity index (χ2n) is 6.93. The number of hydrogen-bond acceptors (Lipinski definition) is 4. The third-order valence-corrected chi connectivity index (χ3v) is 6.55. The number of anilines is 1. The van der Waals surface area contributed by atoms with E-state index in [1.54, 1.807) is 31.2 Å². The van der Waals surface area contributed by atoms with Crippen LogP contribution in [-0.2, 0) is 26.2 Å². The van der Waals surface area contributed by atoms with Crippen molar-refractivity contribution < 1.29 is 22.4 Å². The van der Waals surface area contributed by atoms with E-state index in [0.717, 1.165) is 14.1 Å². The van der Waals surface area contributed by atoms with Crippen LogP contribution in [0.3, 0.4) is 0 Å². The van der Waals surface area contributed by atoms with Gasteiger partial charge in [0.05, 0.1) is 11.9 Å². The van der Waals surface area contributed by atoms with Gasteiger partial charge in [-0.25, -0.2) is 12.8 Å². The second kappa shape index (κ2) is 10.9. The third-order valence-electron chi connectivity index (χ3n) is 4.69. The van der Waals surface area contributed by atoms with E-state index in [1.807, 2.05) is 0 Å². The summed E-state index contributed by atoms with van der Waals surface area (Å²) in [7, 11) is -2.29. The maximum Gasteiger partial charge on any atom is 0.244 e. The first-order chi connectivity index (χ1) is 14.6. The molecule has 2 rings (SSSR count). The molecule has 0 saturated heterocycles. The molecule has 168 valence electrons. The molecule has 0 saturated carbocycles. The Morgan fingerprint density at radius 3 is 2.16 bits per heavy atom. The summed E-state index contributed by atoms with van der Waals surface area (Å²) in [5.74, 6) is -1.32. The zero-order valence-corrected chi connectivity index (χ0v) is 20.5. The number of likely N-dealkylation sites (N-methyl/N-ethyl adjacent to an activating group) is 1. The van der Waals surface area contributed by atoms with Crippen molar-refractivity contribution in [3.63, 3.8) is 0 Å². The molecule has 0 aliphatic carbocycles. The lowest BCUT2D eigenvalue weighted by Gasteiger charge is -2.32.